The fraction of sp³-hybridized carbons (Fsp3) is 0.474. The van der Waals surface area contributed by atoms with E-state index in [0.29, 0.717) is 0 Å². The lowest BCUT2D eigenvalue weighted by Crippen LogP contribution is -2.42. The predicted octanol–water partition coefficient (Wildman–Crippen LogP) is 2.35. The van der Waals surface area contributed by atoms with E-state index in [0.717, 1.165) is 15.8 Å². The van der Waals surface area contributed by atoms with Gasteiger partial charge in [-0.3, -0.25) is 9.59 Å². The molecule has 0 bridgehead atoms. The van der Waals surface area contributed by atoms with Gasteiger partial charge in [0.1, 0.15) is 0 Å². The predicted molar refractivity (Wildman–Crippen MR) is 96.9 cm³/mol. The molecule has 29 heavy (non-hydrogen) atoms. The Kier molecular flexibility index (Phi) is 4.39. The number of carbonyl (C=O) groups is 2. The second-order valence-electron chi connectivity index (χ2n) is 7.75. The summed E-state index contributed by atoms with van der Waals surface area (Å²) in [7, 11) is 0. The first kappa shape index (κ1) is 19.4. The molecule has 0 spiro atoms. The molecule has 7 nitrogen and oxygen atoms in total. The number of nitrogens with zero attached hydrogens (tertiary/aromatic N) is 5. The van der Waals surface area contributed by atoms with Crippen molar-refractivity contribution < 1.29 is 22.8 Å². The summed E-state index contributed by atoms with van der Waals surface area (Å²) >= 11 is 0. The summed E-state index contributed by atoms with van der Waals surface area (Å²) < 4.78 is 39.8. The summed E-state index contributed by atoms with van der Waals surface area (Å²) in [6.45, 7) is 4.02. The Balaban J connectivity index is 1.44. The van der Waals surface area contributed by atoms with Crippen molar-refractivity contribution in [1.82, 2.24) is 19.7 Å². The van der Waals surface area contributed by atoms with Crippen LogP contribution < -0.4 is 4.90 Å². The number of amides is 2. The number of halogens is 3. The quantitative estimate of drug-likeness (QED) is 0.783. The summed E-state index contributed by atoms with van der Waals surface area (Å²) in [4.78, 5) is 28.5. The van der Waals surface area contributed by atoms with Gasteiger partial charge in [0.25, 0.3) is 0 Å². The highest BCUT2D eigenvalue weighted by molar-refractivity contribution is 6.07. The monoisotopic (exact) mass is 407 g/mol. The second-order valence-corrected chi connectivity index (χ2v) is 7.75. The molecule has 0 saturated heterocycles. The molecule has 2 aliphatic rings. The number of carbonyl (C=O) groups excluding carboxylic acids is 2. The van der Waals surface area contributed by atoms with E-state index in [2.05, 4.69) is 10.2 Å². The molecular formula is C19H20F3N5O2. The number of para-hydroxylation sites is 1. The summed E-state index contributed by atoms with van der Waals surface area (Å²) in [5.74, 6) is -1.23. The summed E-state index contributed by atoms with van der Waals surface area (Å²) in [6, 6.07) is 7.48. The Morgan fingerprint density at radius 3 is 2.62 bits per heavy atom. The van der Waals surface area contributed by atoms with E-state index in [1.165, 1.54) is 4.90 Å². The van der Waals surface area contributed by atoms with E-state index < -0.39 is 17.4 Å². The number of alkyl halides is 3. The molecule has 2 aromatic rings. The van der Waals surface area contributed by atoms with E-state index in [9.17, 15) is 22.8 Å². The van der Waals surface area contributed by atoms with Crippen LogP contribution in [0.2, 0.25) is 0 Å². The zero-order valence-electron chi connectivity index (χ0n) is 16.0. The molecule has 154 valence electrons. The molecule has 1 aromatic carbocycles. The lowest BCUT2D eigenvalue weighted by Gasteiger charge is -2.29. The van der Waals surface area contributed by atoms with Crippen molar-refractivity contribution in [2.45, 2.75) is 44.9 Å². The van der Waals surface area contributed by atoms with E-state index in [1.54, 1.807) is 4.90 Å². The van der Waals surface area contributed by atoms with Crippen LogP contribution in [0.15, 0.2) is 24.3 Å². The Bertz CT molecular complexity index is 982. The van der Waals surface area contributed by atoms with Crippen LogP contribution in [0, 0.1) is 0 Å². The number of rotatable bonds is 3. The standard InChI is InChI=1S/C19H20F3N5O2/c1-18(2)12-5-3-4-6-13(12)26(17(18)29)8-7-15(28)25-9-10-27-14(11-25)23-24-16(27)19(20,21)22/h3-6H,7-11H2,1-2H3. The molecule has 3 heterocycles. The minimum absolute atomic E-state index is 0.0125. The van der Waals surface area contributed by atoms with Crippen LogP contribution in [0.5, 0.6) is 0 Å². The van der Waals surface area contributed by atoms with Crippen LogP contribution in [0.3, 0.4) is 0 Å². The molecule has 0 N–H and O–H groups in total. The van der Waals surface area contributed by atoms with E-state index in [4.69, 9.17) is 0 Å². The number of anilines is 1. The Morgan fingerprint density at radius 1 is 1.17 bits per heavy atom. The Labute approximate surface area is 165 Å². The van der Waals surface area contributed by atoms with Gasteiger partial charge in [0.05, 0.1) is 12.0 Å². The highest BCUT2D eigenvalue weighted by Crippen LogP contribution is 2.41. The lowest BCUT2D eigenvalue weighted by atomic mass is 9.86. The number of hydrogen-bond donors (Lipinski definition) is 0. The SMILES string of the molecule is CC1(C)C(=O)N(CCC(=O)N2CCn3c(nnc3C(F)(F)F)C2)c2ccccc21. The third-order valence-corrected chi connectivity index (χ3v) is 5.56. The molecule has 0 unspecified atom stereocenters. The molecule has 2 amide bonds. The number of hydrogen-bond acceptors (Lipinski definition) is 4. The van der Waals surface area contributed by atoms with Gasteiger partial charge in [-0.25, -0.2) is 0 Å². The number of benzene rings is 1. The van der Waals surface area contributed by atoms with Crippen LogP contribution >= 0.6 is 0 Å². The highest BCUT2D eigenvalue weighted by Gasteiger charge is 2.44. The molecule has 1 aromatic heterocycles. The van der Waals surface area contributed by atoms with Gasteiger partial charge >= 0.3 is 6.18 Å². The third kappa shape index (κ3) is 3.16. The van der Waals surface area contributed by atoms with Gasteiger partial charge in [0.15, 0.2) is 5.82 Å². The topological polar surface area (TPSA) is 71.3 Å². The van der Waals surface area contributed by atoms with Gasteiger partial charge in [0, 0.05) is 31.7 Å². The first-order chi connectivity index (χ1) is 13.6. The number of aromatic nitrogens is 3. The summed E-state index contributed by atoms with van der Waals surface area (Å²) in [6.07, 6.45) is -4.50. The minimum atomic E-state index is -4.58. The summed E-state index contributed by atoms with van der Waals surface area (Å²) in [5.41, 5.74) is 1.06. The van der Waals surface area contributed by atoms with Gasteiger partial charge in [-0.15, -0.1) is 10.2 Å². The van der Waals surface area contributed by atoms with Crippen molar-refractivity contribution in [2.24, 2.45) is 0 Å². The number of fused-ring (bicyclic) bond motifs is 2. The molecule has 10 heteroatoms. The van der Waals surface area contributed by atoms with Crippen molar-refractivity contribution in [1.29, 1.82) is 0 Å². The normalized spacial score (nSPS) is 18.0. The van der Waals surface area contributed by atoms with Crippen molar-refractivity contribution >= 4 is 17.5 Å². The Hall–Kier alpha value is -2.91. The molecule has 0 saturated carbocycles. The molecule has 2 aliphatic heterocycles. The van der Waals surface area contributed by atoms with Gasteiger partial charge in [0.2, 0.25) is 17.6 Å². The molecule has 0 aliphatic carbocycles. The smallest absolute Gasteiger partial charge is 0.333 e. The first-order valence-electron chi connectivity index (χ1n) is 9.29. The fourth-order valence-corrected chi connectivity index (χ4v) is 3.97. The molecule has 0 atom stereocenters. The molecule has 4 rings (SSSR count). The zero-order valence-corrected chi connectivity index (χ0v) is 16.0. The fourth-order valence-electron chi connectivity index (χ4n) is 3.97. The average Bonchev–Trinajstić information content (AvgIpc) is 3.18. The van der Waals surface area contributed by atoms with Crippen molar-refractivity contribution in [2.75, 3.05) is 18.0 Å². The van der Waals surface area contributed by atoms with Crippen LogP contribution in [0.4, 0.5) is 18.9 Å². The highest BCUT2D eigenvalue weighted by atomic mass is 19.4. The summed E-state index contributed by atoms with van der Waals surface area (Å²) in [5, 5.41) is 6.81. The van der Waals surface area contributed by atoms with Gasteiger partial charge in [-0.05, 0) is 25.5 Å². The largest absolute Gasteiger partial charge is 0.451 e. The van der Waals surface area contributed by atoms with Crippen LogP contribution in [0.25, 0.3) is 0 Å². The average molecular weight is 407 g/mol. The Morgan fingerprint density at radius 2 is 1.90 bits per heavy atom. The molecular weight excluding hydrogens is 387 g/mol. The van der Waals surface area contributed by atoms with E-state index in [-0.39, 0.29) is 50.2 Å². The first-order valence-corrected chi connectivity index (χ1v) is 9.29. The van der Waals surface area contributed by atoms with E-state index in [1.807, 2.05) is 38.1 Å². The van der Waals surface area contributed by atoms with E-state index >= 15 is 0 Å². The van der Waals surface area contributed by atoms with Crippen LogP contribution in [-0.4, -0.2) is 44.6 Å². The maximum absolute atomic E-state index is 12.9. The molecule has 0 fully saturated rings. The lowest BCUT2D eigenvalue weighted by molar-refractivity contribution is -0.148. The van der Waals surface area contributed by atoms with Gasteiger partial charge in [-0.2, -0.15) is 13.2 Å². The van der Waals surface area contributed by atoms with Crippen LogP contribution in [-0.2, 0) is 34.3 Å². The maximum Gasteiger partial charge on any atom is 0.451 e. The van der Waals surface area contributed by atoms with Crippen molar-refractivity contribution in [3.05, 3.63) is 41.5 Å². The van der Waals surface area contributed by atoms with Gasteiger partial charge < -0.3 is 14.4 Å². The molecule has 0 radical (unpaired) electrons. The van der Waals surface area contributed by atoms with Crippen molar-refractivity contribution in [3.8, 4) is 0 Å². The third-order valence-electron chi connectivity index (χ3n) is 5.56. The van der Waals surface area contributed by atoms with Gasteiger partial charge in [-0.1, -0.05) is 18.2 Å². The van der Waals surface area contributed by atoms with Crippen LogP contribution in [0.1, 0.15) is 37.5 Å². The second kappa shape index (κ2) is 6.57. The van der Waals surface area contributed by atoms with Crippen molar-refractivity contribution in [3.63, 3.8) is 0 Å². The zero-order chi connectivity index (χ0) is 21.0. The minimum Gasteiger partial charge on any atom is -0.333 e. The maximum atomic E-state index is 12.9.